The Morgan fingerprint density at radius 1 is 1.29 bits per heavy atom. The Hall–Kier alpha value is -1.24. The molecule has 2 heterocycles. The maximum absolute atomic E-state index is 5.74. The van der Waals surface area contributed by atoms with Crippen molar-refractivity contribution in [2.24, 2.45) is 5.84 Å². The van der Waals surface area contributed by atoms with Gasteiger partial charge in [0.2, 0.25) is 0 Å². The minimum atomic E-state index is 0.162. The van der Waals surface area contributed by atoms with Crippen LogP contribution >= 0.6 is 15.9 Å². The fourth-order valence-corrected chi connectivity index (χ4v) is 3.17. The number of nitrogens with zero attached hydrogens (tertiary/aromatic N) is 3. The molecule has 0 aromatic carbocycles. The maximum Gasteiger partial charge on any atom is 0.0766 e. The van der Waals surface area contributed by atoms with Gasteiger partial charge in [0.05, 0.1) is 15.9 Å². The third kappa shape index (κ3) is 3.90. The van der Waals surface area contributed by atoms with E-state index in [4.69, 9.17) is 5.84 Å². The molecule has 5 nitrogen and oxygen atoms in total. The fraction of sp³-hybridized carbons (Fsp3) is 0.467. The van der Waals surface area contributed by atoms with Gasteiger partial charge in [-0.15, -0.1) is 0 Å². The molecule has 3 N–H and O–H groups in total. The van der Waals surface area contributed by atoms with E-state index in [0.717, 1.165) is 36.0 Å². The Labute approximate surface area is 134 Å². The second kappa shape index (κ2) is 7.68. The quantitative estimate of drug-likeness (QED) is 0.592. The summed E-state index contributed by atoms with van der Waals surface area (Å²) in [5, 5.41) is 4.63. The average Bonchev–Trinajstić information content (AvgIpc) is 2.83. The molecule has 2 aromatic rings. The second-order valence-corrected chi connectivity index (χ2v) is 5.80. The van der Waals surface area contributed by atoms with Crippen LogP contribution in [0.3, 0.4) is 0 Å². The molecule has 0 saturated heterocycles. The number of hydrazine groups is 1. The highest BCUT2D eigenvalue weighted by atomic mass is 79.9. The van der Waals surface area contributed by atoms with E-state index in [-0.39, 0.29) is 6.04 Å². The molecule has 2 rings (SSSR count). The van der Waals surface area contributed by atoms with Crippen LogP contribution in [0.5, 0.6) is 0 Å². The highest BCUT2D eigenvalue weighted by molar-refractivity contribution is 9.10. The van der Waals surface area contributed by atoms with Crippen LogP contribution in [0.25, 0.3) is 0 Å². The zero-order valence-corrected chi connectivity index (χ0v) is 14.1. The summed E-state index contributed by atoms with van der Waals surface area (Å²) in [6, 6.07) is 4.21. The van der Waals surface area contributed by atoms with Crippen molar-refractivity contribution < 1.29 is 0 Å². The first-order chi connectivity index (χ1) is 10.2. The zero-order chi connectivity index (χ0) is 15.2. The van der Waals surface area contributed by atoms with Crippen molar-refractivity contribution in [3.63, 3.8) is 0 Å². The third-order valence-corrected chi connectivity index (χ3v) is 4.52. The summed E-state index contributed by atoms with van der Waals surface area (Å²) in [7, 11) is 0. The monoisotopic (exact) mass is 351 g/mol. The van der Waals surface area contributed by atoms with Gasteiger partial charge >= 0.3 is 0 Å². The molecule has 2 aromatic heterocycles. The summed E-state index contributed by atoms with van der Waals surface area (Å²) in [6.07, 6.45) is 6.24. The van der Waals surface area contributed by atoms with Crippen molar-refractivity contribution in [1.29, 1.82) is 0 Å². The molecule has 114 valence electrons. The number of rotatable bonds is 7. The minimum Gasteiger partial charge on any atom is -0.271 e. The normalized spacial score (nSPS) is 12.6. The molecule has 0 spiro atoms. The topological polar surface area (TPSA) is 68.8 Å². The molecule has 1 atom stereocenters. The van der Waals surface area contributed by atoms with Crippen LogP contribution in [0.4, 0.5) is 0 Å². The average molecular weight is 352 g/mol. The molecular weight excluding hydrogens is 330 g/mol. The number of pyridine rings is 1. The zero-order valence-electron chi connectivity index (χ0n) is 12.5. The molecule has 0 radical (unpaired) electrons. The van der Waals surface area contributed by atoms with Gasteiger partial charge in [-0.3, -0.25) is 20.9 Å². The summed E-state index contributed by atoms with van der Waals surface area (Å²) in [4.78, 5) is 4.05. The molecule has 1 unspecified atom stereocenters. The van der Waals surface area contributed by atoms with Crippen LogP contribution in [0.2, 0.25) is 0 Å². The molecule has 0 aliphatic carbocycles. The first-order valence-electron chi connectivity index (χ1n) is 7.28. The van der Waals surface area contributed by atoms with E-state index >= 15 is 0 Å². The molecular formula is C15H22BrN5. The van der Waals surface area contributed by atoms with Gasteiger partial charge in [0.1, 0.15) is 0 Å². The number of halogens is 1. The van der Waals surface area contributed by atoms with Crippen LogP contribution in [0, 0.1) is 0 Å². The Kier molecular flexibility index (Phi) is 5.90. The van der Waals surface area contributed by atoms with Crippen molar-refractivity contribution >= 4 is 15.9 Å². The van der Waals surface area contributed by atoms with Gasteiger partial charge in [0.15, 0.2) is 0 Å². The van der Waals surface area contributed by atoms with E-state index in [1.807, 2.05) is 24.5 Å². The minimum absolute atomic E-state index is 0.162. The Bertz CT molecular complexity index is 567. The molecule has 0 aliphatic heterocycles. The van der Waals surface area contributed by atoms with Crippen LogP contribution in [-0.2, 0) is 25.8 Å². The number of hydrogen-bond acceptors (Lipinski definition) is 4. The highest BCUT2D eigenvalue weighted by Crippen LogP contribution is 2.24. The third-order valence-electron chi connectivity index (χ3n) is 3.60. The van der Waals surface area contributed by atoms with E-state index in [1.54, 1.807) is 0 Å². The van der Waals surface area contributed by atoms with Gasteiger partial charge < -0.3 is 0 Å². The predicted octanol–water partition coefficient (Wildman–Crippen LogP) is 2.24. The SMILES string of the molecule is CCc1nn(CC)c(CC(Cc2ccncc2)NN)c1Br. The lowest BCUT2D eigenvalue weighted by atomic mass is 10.0. The number of nitrogens with two attached hydrogens (primary N) is 1. The predicted molar refractivity (Wildman–Crippen MR) is 87.7 cm³/mol. The maximum atomic E-state index is 5.74. The summed E-state index contributed by atoms with van der Waals surface area (Å²) in [5.41, 5.74) is 6.45. The first-order valence-corrected chi connectivity index (χ1v) is 8.07. The summed E-state index contributed by atoms with van der Waals surface area (Å²) >= 11 is 3.68. The largest absolute Gasteiger partial charge is 0.271 e. The van der Waals surface area contributed by atoms with Crippen molar-refractivity contribution in [1.82, 2.24) is 20.2 Å². The van der Waals surface area contributed by atoms with Crippen LogP contribution < -0.4 is 11.3 Å². The van der Waals surface area contributed by atoms with Gasteiger partial charge in [0, 0.05) is 31.4 Å². The number of aromatic nitrogens is 3. The summed E-state index contributed by atoms with van der Waals surface area (Å²) in [6.45, 7) is 5.09. The van der Waals surface area contributed by atoms with Gasteiger partial charge in [-0.1, -0.05) is 6.92 Å². The Morgan fingerprint density at radius 3 is 2.57 bits per heavy atom. The molecule has 21 heavy (non-hydrogen) atoms. The number of aryl methyl sites for hydroxylation is 2. The highest BCUT2D eigenvalue weighted by Gasteiger charge is 2.18. The lowest BCUT2D eigenvalue weighted by molar-refractivity contribution is 0.495. The fourth-order valence-electron chi connectivity index (χ4n) is 2.44. The van der Waals surface area contributed by atoms with Crippen molar-refractivity contribution in [2.45, 2.75) is 45.7 Å². The summed E-state index contributed by atoms with van der Waals surface area (Å²) < 4.78 is 3.17. The second-order valence-electron chi connectivity index (χ2n) is 5.00. The van der Waals surface area contributed by atoms with Crippen LogP contribution in [-0.4, -0.2) is 20.8 Å². The van der Waals surface area contributed by atoms with E-state index in [0.29, 0.717) is 0 Å². The van der Waals surface area contributed by atoms with Gasteiger partial charge in [0.25, 0.3) is 0 Å². The molecule has 6 heteroatoms. The first kappa shape index (κ1) is 16.1. The molecule has 0 amide bonds. The Morgan fingerprint density at radius 2 is 2.00 bits per heavy atom. The molecule has 0 fully saturated rings. The molecule has 0 saturated carbocycles. The van der Waals surface area contributed by atoms with Crippen LogP contribution in [0.1, 0.15) is 30.8 Å². The Balaban J connectivity index is 2.16. The van der Waals surface area contributed by atoms with Gasteiger partial charge in [-0.2, -0.15) is 5.10 Å². The van der Waals surface area contributed by atoms with E-state index in [2.05, 4.69) is 50.0 Å². The van der Waals surface area contributed by atoms with E-state index in [9.17, 15) is 0 Å². The van der Waals surface area contributed by atoms with E-state index < -0.39 is 0 Å². The van der Waals surface area contributed by atoms with Gasteiger partial charge in [-0.25, -0.2) is 0 Å². The van der Waals surface area contributed by atoms with Crippen molar-refractivity contribution in [3.05, 3.63) is 46.0 Å². The number of nitrogens with one attached hydrogen (secondary N) is 1. The lowest BCUT2D eigenvalue weighted by Crippen LogP contribution is -2.39. The molecule has 0 bridgehead atoms. The van der Waals surface area contributed by atoms with Crippen LogP contribution in [0.15, 0.2) is 29.0 Å². The standard InChI is InChI=1S/C15H22BrN5/c1-3-13-15(16)14(21(4-2)20-13)10-12(19-17)9-11-5-7-18-8-6-11/h5-8,12,19H,3-4,9-10,17H2,1-2H3. The van der Waals surface area contributed by atoms with Gasteiger partial charge in [-0.05, 0) is 53.4 Å². The van der Waals surface area contributed by atoms with Crippen molar-refractivity contribution in [3.8, 4) is 0 Å². The lowest BCUT2D eigenvalue weighted by Gasteiger charge is -2.17. The summed E-state index contributed by atoms with van der Waals surface area (Å²) in [5.74, 6) is 5.74. The molecule has 0 aliphatic rings. The smallest absolute Gasteiger partial charge is 0.0766 e. The van der Waals surface area contributed by atoms with Crippen molar-refractivity contribution in [2.75, 3.05) is 0 Å². The number of hydrogen-bond donors (Lipinski definition) is 2. The van der Waals surface area contributed by atoms with E-state index in [1.165, 1.54) is 11.3 Å².